The molecule has 1 aromatic carbocycles. The first-order valence-electron chi connectivity index (χ1n) is 8.63. The third-order valence-corrected chi connectivity index (χ3v) is 4.34. The molecule has 0 bridgehead atoms. The zero-order chi connectivity index (χ0) is 14.9. The van der Waals surface area contributed by atoms with Crippen molar-refractivity contribution in [2.45, 2.75) is 64.5 Å². The zero-order valence-electron chi connectivity index (χ0n) is 13.7. The molecule has 2 atom stereocenters. The van der Waals surface area contributed by atoms with Crippen LogP contribution in [0, 0.1) is 5.92 Å². The molecule has 0 saturated carbocycles. The van der Waals surface area contributed by atoms with Crippen LogP contribution < -0.4 is 5.32 Å². The van der Waals surface area contributed by atoms with Gasteiger partial charge in [0.05, 0.1) is 6.10 Å². The normalized spacial score (nSPS) is 20.0. The van der Waals surface area contributed by atoms with Crippen molar-refractivity contribution in [2.24, 2.45) is 5.92 Å². The minimum absolute atomic E-state index is 0.542. The van der Waals surface area contributed by atoms with Crippen molar-refractivity contribution >= 4 is 0 Å². The zero-order valence-corrected chi connectivity index (χ0v) is 13.7. The summed E-state index contributed by atoms with van der Waals surface area (Å²) in [6, 6.07) is 11.5. The number of hydrogen-bond acceptors (Lipinski definition) is 2. The molecular weight excluding hydrogens is 258 g/mol. The molecule has 21 heavy (non-hydrogen) atoms. The summed E-state index contributed by atoms with van der Waals surface area (Å²) >= 11 is 0. The smallest absolute Gasteiger partial charge is 0.0576 e. The minimum Gasteiger partial charge on any atom is -0.378 e. The second kappa shape index (κ2) is 9.22. The van der Waals surface area contributed by atoms with Crippen molar-refractivity contribution in [1.82, 2.24) is 5.32 Å². The standard InChI is InChI=1S/C19H31NO/c1-16(2)20-15-18(14-17-8-4-3-5-9-17)10-6-11-19-12-7-13-21-19/h3-5,8-9,16,18-20H,6-7,10-15H2,1-2H3. The maximum absolute atomic E-state index is 5.74. The van der Waals surface area contributed by atoms with Crippen LogP contribution in [0.5, 0.6) is 0 Å². The maximum atomic E-state index is 5.74. The highest BCUT2D eigenvalue weighted by molar-refractivity contribution is 5.15. The Kier molecular flexibility index (Phi) is 7.25. The number of hydrogen-bond donors (Lipinski definition) is 1. The van der Waals surface area contributed by atoms with E-state index >= 15 is 0 Å². The number of benzene rings is 1. The van der Waals surface area contributed by atoms with Crippen LogP contribution in [-0.2, 0) is 11.2 Å². The fourth-order valence-electron chi connectivity index (χ4n) is 3.13. The van der Waals surface area contributed by atoms with Crippen molar-refractivity contribution in [3.8, 4) is 0 Å². The summed E-state index contributed by atoms with van der Waals surface area (Å²) in [5.74, 6) is 0.733. The molecule has 1 heterocycles. The third kappa shape index (κ3) is 6.62. The van der Waals surface area contributed by atoms with E-state index in [-0.39, 0.29) is 0 Å². The van der Waals surface area contributed by atoms with Crippen molar-refractivity contribution in [3.63, 3.8) is 0 Å². The molecule has 1 aromatic rings. The molecule has 2 unspecified atom stereocenters. The van der Waals surface area contributed by atoms with Gasteiger partial charge < -0.3 is 10.1 Å². The highest BCUT2D eigenvalue weighted by Gasteiger charge is 2.16. The lowest BCUT2D eigenvalue weighted by Gasteiger charge is -2.20. The van der Waals surface area contributed by atoms with Crippen molar-refractivity contribution in [1.29, 1.82) is 0 Å². The number of rotatable bonds is 9. The molecule has 118 valence electrons. The molecule has 1 fully saturated rings. The number of ether oxygens (including phenoxy) is 1. The Balaban J connectivity index is 1.76. The van der Waals surface area contributed by atoms with E-state index in [1.54, 1.807) is 0 Å². The number of nitrogens with one attached hydrogen (secondary N) is 1. The van der Waals surface area contributed by atoms with Crippen LogP contribution in [0.2, 0.25) is 0 Å². The SMILES string of the molecule is CC(C)NCC(CCCC1CCCO1)Cc1ccccc1. The Bertz CT molecular complexity index is 370. The van der Waals surface area contributed by atoms with Crippen LogP contribution in [0.3, 0.4) is 0 Å². The van der Waals surface area contributed by atoms with Crippen LogP contribution in [0.15, 0.2) is 30.3 Å². The van der Waals surface area contributed by atoms with E-state index in [1.807, 2.05) is 0 Å². The first-order valence-corrected chi connectivity index (χ1v) is 8.63. The van der Waals surface area contributed by atoms with Gasteiger partial charge in [0.25, 0.3) is 0 Å². The monoisotopic (exact) mass is 289 g/mol. The van der Waals surface area contributed by atoms with Crippen molar-refractivity contribution < 1.29 is 4.74 Å². The second-order valence-corrected chi connectivity index (χ2v) is 6.68. The van der Waals surface area contributed by atoms with Gasteiger partial charge in [-0.1, -0.05) is 50.6 Å². The molecule has 2 nitrogen and oxygen atoms in total. The Morgan fingerprint density at radius 2 is 2.05 bits per heavy atom. The molecule has 0 amide bonds. The van der Waals surface area contributed by atoms with E-state index in [2.05, 4.69) is 49.5 Å². The molecule has 1 N–H and O–H groups in total. The van der Waals surface area contributed by atoms with Crippen molar-refractivity contribution in [2.75, 3.05) is 13.2 Å². The summed E-state index contributed by atoms with van der Waals surface area (Å²) < 4.78 is 5.74. The average Bonchev–Trinajstić information content (AvgIpc) is 2.99. The van der Waals surface area contributed by atoms with Crippen LogP contribution in [0.25, 0.3) is 0 Å². The highest BCUT2D eigenvalue weighted by atomic mass is 16.5. The van der Waals surface area contributed by atoms with Gasteiger partial charge in [-0.3, -0.25) is 0 Å². The first-order chi connectivity index (χ1) is 10.2. The molecule has 0 spiro atoms. The second-order valence-electron chi connectivity index (χ2n) is 6.68. The lowest BCUT2D eigenvalue weighted by atomic mass is 9.93. The first kappa shape index (κ1) is 16.5. The van der Waals surface area contributed by atoms with Gasteiger partial charge >= 0.3 is 0 Å². The van der Waals surface area contributed by atoms with Gasteiger partial charge in [0.15, 0.2) is 0 Å². The summed E-state index contributed by atoms with van der Waals surface area (Å²) in [5.41, 5.74) is 1.46. The predicted octanol–water partition coefficient (Wildman–Crippen LogP) is 4.19. The molecule has 0 aromatic heterocycles. The van der Waals surface area contributed by atoms with Gasteiger partial charge in [-0.2, -0.15) is 0 Å². The highest BCUT2D eigenvalue weighted by Crippen LogP contribution is 2.21. The summed E-state index contributed by atoms with van der Waals surface area (Å²) in [6.07, 6.45) is 8.09. The summed E-state index contributed by atoms with van der Waals surface area (Å²) in [4.78, 5) is 0. The maximum Gasteiger partial charge on any atom is 0.0576 e. The van der Waals surface area contributed by atoms with Gasteiger partial charge in [0.2, 0.25) is 0 Å². The molecule has 1 aliphatic rings. The fraction of sp³-hybridized carbons (Fsp3) is 0.684. The van der Waals surface area contributed by atoms with Crippen molar-refractivity contribution in [3.05, 3.63) is 35.9 Å². The molecule has 0 radical (unpaired) electrons. The van der Waals surface area contributed by atoms with Gasteiger partial charge in [-0.25, -0.2) is 0 Å². The quantitative estimate of drug-likeness (QED) is 0.736. The molecule has 0 aliphatic carbocycles. The van der Waals surface area contributed by atoms with E-state index in [0.717, 1.165) is 19.1 Å². The third-order valence-electron chi connectivity index (χ3n) is 4.34. The van der Waals surface area contributed by atoms with E-state index in [4.69, 9.17) is 4.74 Å². The topological polar surface area (TPSA) is 21.3 Å². The van der Waals surface area contributed by atoms with Crippen LogP contribution in [0.4, 0.5) is 0 Å². The molecular formula is C19H31NO. The average molecular weight is 289 g/mol. The minimum atomic E-state index is 0.542. The summed E-state index contributed by atoms with van der Waals surface area (Å²) in [7, 11) is 0. The largest absolute Gasteiger partial charge is 0.378 e. The Hall–Kier alpha value is -0.860. The van der Waals surface area contributed by atoms with Crippen LogP contribution >= 0.6 is 0 Å². The fourth-order valence-corrected chi connectivity index (χ4v) is 3.13. The molecule has 1 saturated heterocycles. The summed E-state index contributed by atoms with van der Waals surface area (Å²) in [6.45, 7) is 6.56. The van der Waals surface area contributed by atoms with E-state index in [9.17, 15) is 0 Å². The van der Waals surface area contributed by atoms with Gasteiger partial charge in [0, 0.05) is 12.6 Å². The predicted molar refractivity (Wildman–Crippen MR) is 89.6 cm³/mol. The molecule has 2 rings (SSSR count). The van der Waals surface area contributed by atoms with Gasteiger partial charge in [-0.05, 0) is 50.1 Å². The lowest BCUT2D eigenvalue weighted by molar-refractivity contribution is 0.101. The lowest BCUT2D eigenvalue weighted by Crippen LogP contribution is -2.30. The summed E-state index contributed by atoms with van der Waals surface area (Å²) in [5, 5.41) is 3.61. The van der Waals surface area contributed by atoms with E-state index in [1.165, 1.54) is 44.1 Å². The Labute approximate surface area is 130 Å². The van der Waals surface area contributed by atoms with Gasteiger partial charge in [-0.15, -0.1) is 0 Å². The Morgan fingerprint density at radius 1 is 1.24 bits per heavy atom. The molecule has 2 heteroatoms. The van der Waals surface area contributed by atoms with Crippen LogP contribution in [0.1, 0.15) is 51.5 Å². The van der Waals surface area contributed by atoms with E-state index in [0.29, 0.717) is 12.1 Å². The van der Waals surface area contributed by atoms with E-state index < -0.39 is 0 Å². The van der Waals surface area contributed by atoms with Gasteiger partial charge in [0.1, 0.15) is 0 Å². The molecule has 1 aliphatic heterocycles. The Morgan fingerprint density at radius 3 is 2.71 bits per heavy atom. The van der Waals surface area contributed by atoms with Crippen LogP contribution in [-0.4, -0.2) is 25.3 Å².